The second kappa shape index (κ2) is 3.97. The average molecular weight is 164 g/mol. The molecule has 0 aliphatic rings. The number of carbonyl (C=O) groups excluding carboxylic acids is 1. The number of carbonyl (C=O) groups is 1. The predicted molar refractivity (Wildman–Crippen MR) is 46.7 cm³/mol. The Morgan fingerprint density at radius 3 is 2.92 bits per heavy atom. The monoisotopic (exact) mass is 164 g/mol. The minimum Gasteiger partial charge on any atom is -0.324 e. The summed E-state index contributed by atoms with van der Waals surface area (Å²) in [6, 6.07) is 5.52. The van der Waals surface area contributed by atoms with Gasteiger partial charge in [0.1, 0.15) is 0 Å². The molecular formula is C9H12N2O. The van der Waals surface area contributed by atoms with E-state index in [1.165, 1.54) is 0 Å². The van der Waals surface area contributed by atoms with Gasteiger partial charge in [0.25, 0.3) is 0 Å². The highest BCUT2D eigenvalue weighted by atomic mass is 16.1. The summed E-state index contributed by atoms with van der Waals surface area (Å²) in [5.74, 6) is -0.162. The Labute approximate surface area is 71.6 Å². The lowest BCUT2D eigenvalue weighted by Crippen LogP contribution is -2.20. The molecule has 1 aromatic rings. The van der Waals surface area contributed by atoms with E-state index >= 15 is 0 Å². The van der Waals surface area contributed by atoms with Crippen LogP contribution in [0.4, 0.5) is 0 Å². The van der Waals surface area contributed by atoms with E-state index in [2.05, 4.69) is 4.98 Å². The summed E-state index contributed by atoms with van der Waals surface area (Å²) >= 11 is 0. The van der Waals surface area contributed by atoms with Gasteiger partial charge >= 0.3 is 0 Å². The van der Waals surface area contributed by atoms with Gasteiger partial charge in [0.2, 0.25) is 0 Å². The lowest BCUT2D eigenvalue weighted by molar-refractivity contribution is -0.118. The third-order valence-electron chi connectivity index (χ3n) is 1.82. The molecule has 3 heteroatoms. The number of Topliss-reactive ketones (excluding diaryl/α,β-unsaturated/α-hetero) is 1. The molecule has 0 spiro atoms. The van der Waals surface area contributed by atoms with Crippen molar-refractivity contribution in [2.24, 2.45) is 5.73 Å². The zero-order chi connectivity index (χ0) is 8.97. The number of ketones is 1. The number of rotatable bonds is 3. The number of nitrogens with zero attached hydrogens (tertiary/aromatic N) is 1. The van der Waals surface area contributed by atoms with E-state index < -0.39 is 0 Å². The van der Waals surface area contributed by atoms with E-state index in [4.69, 9.17) is 5.73 Å². The summed E-state index contributed by atoms with van der Waals surface area (Å²) in [5, 5.41) is 0. The zero-order valence-electron chi connectivity index (χ0n) is 7.03. The van der Waals surface area contributed by atoms with Gasteiger partial charge in [-0.05, 0) is 19.1 Å². The molecule has 0 aliphatic carbocycles. The molecule has 1 atom stereocenters. The van der Waals surface area contributed by atoms with Crippen LogP contribution in [0, 0.1) is 0 Å². The minimum absolute atomic E-state index is 0.0219. The highest BCUT2D eigenvalue weighted by molar-refractivity contribution is 5.86. The highest BCUT2D eigenvalue weighted by Crippen LogP contribution is 2.11. The van der Waals surface area contributed by atoms with Gasteiger partial charge in [-0.15, -0.1) is 0 Å². The maximum atomic E-state index is 11.1. The molecule has 0 radical (unpaired) electrons. The number of pyridine rings is 1. The van der Waals surface area contributed by atoms with Crippen LogP contribution in [0.1, 0.15) is 18.5 Å². The molecule has 64 valence electrons. The van der Waals surface area contributed by atoms with E-state index in [1.54, 1.807) is 6.20 Å². The number of hydrogen-bond acceptors (Lipinski definition) is 3. The van der Waals surface area contributed by atoms with Gasteiger partial charge in [0.05, 0.1) is 18.2 Å². The quantitative estimate of drug-likeness (QED) is 0.715. The Balaban J connectivity index is 2.78. The van der Waals surface area contributed by atoms with Crippen molar-refractivity contribution in [1.82, 2.24) is 4.98 Å². The molecule has 1 heterocycles. The van der Waals surface area contributed by atoms with Gasteiger partial charge in [-0.2, -0.15) is 0 Å². The predicted octanol–water partition coefficient (Wildman–Crippen LogP) is 0.713. The fourth-order valence-corrected chi connectivity index (χ4v) is 0.974. The van der Waals surface area contributed by atoms with Crippen LogP contribution in [0.25, 0.3) is 0 Å². The first-order chi connectivity index (χ1) is 5.75. The van der Waals surface area contributed by atoms with Crippen LogP contribution in [-0.2, 0) is 4.79 Å². The zero-order valence-corrected chi connectivity index (χ0v) is 7.03. The van der Waals surface area contributed by atoms with Crippen molar-refractivity contribution in [3.63, 3.8) is 0 Å². The summed E-state index contributed by atoms with van der Waals surface area (Å²) in [5.41, 5.74) is 6.02. The van der Waals surface area contributed by atoms with Crippen LogP contribution in [0.3, 0.4) is 0 Å². The maximum Gasteiger partial charge on any atom is 0.155 e. The summed E-state index contributed by atoms with van der Waals surface area (Å²) in [4.78, 5) is 15.2. The highest BCUT2D eigenvalue weighted by Gasteiger charge is 2.13. The van der Waals surface area contributed by atoms with Crippen molar-refractivity contribution in [3.8, 4) is 0 Å². The number of aromatic nitrogens is 1. The summed E-state index contributed by atoms with van der Waals surface area (Å²) in [6.45, 7) is 1.90. The van der Waals surface area contributed by atoms with Gasteiger partial charge in [0, 0.05) is 6.20 Å². The van der Waals surface area contributed by atoms with Crippen molar-refractivity contribution in [3.05, 3.63) is 30.1 Å². The van der Waals surface area contributed by atoms with E-state index in [-0.39, 0.29) is 18.2 Å². The molecule has 1 aromatic heterocycles. The first kappa shape index (κ1) is 8.87. The van der Waals surface area contributed by atoms with Gasteiger partial charge in [-0.1, -0.05) is 6.07 Å². The second-order valence-electron chi connectivity index (χ2n) is 2.65. The molecule has 0 bridgehead atoms. The van der Waals surface area contributed by atoms with Crippen LogP contribution < -0.4 is 5.73 Å². The van der Waals surface area contributed by atoms with Crippen LogP contribution in [0.2, 0.25) is 0 Å². The molecule has 1 rings (SSSR count). The molecule has 0 amide bonds. The van der Waals surface area contributed by atoms with Crippen molar-refractivity contribution < 1.29 is 4.79 Å². The van der Waals surface area contributed by atoms with Gasteiger partial charge < -0.3 is 5.73 Å². The lowest BCUT2D eigenvalue weighted by atomic mass is 10.0. The molecule has 0 aliphatic heterocycles. The Morgan fingerprint density at radius 1 is 1.67 bits per heavy atom. The largest absolute Gasteiger partial charge is 0.324 e. The van der Waals surface area contributed by atoms with E-state index in [9.17, 15) is 4.79 Å². The first-order valence-corrected chi connectivity index (χ1v) is 3.89. The Bertz CT molecular complexity index is 258. The van der Waals surface area contributed by atoms with Crippen molar-refractivity contribution >= 4 is 5.78 Å². The summed E-state index contributed by atoms with van der Waals surface area (Å²) < 4.78 is 0. The average Bonchev–Trinajstić information content (AvgIpc) is 2.17. The van der Waals surface area contributed by atoms with Crippen molar-refractivity contribution in [2.75, 3.05) is 6.54 Å². The van der Waals surface area contributed by atoms with Crippen molar-refractivity contribution in [2.45, 2.75) is 12.8 Å². The van der Waals surface area contributed by atoms with Gasteiger partial charge in [-0.25, -0.2) is 0 Å². The fourth-order valence-electron chi connectivity index (χ4n) is 0.974. The summed E-state index contributed by atoms with van der Waals surface area (Å²) in [6.07, 6.45) is 1.68. The normalized spacial score (nSPS) is 12.5. The molecule has 0 saturated heterocycles. The molecular weight excluding hydrogens is 152 g/mol. The molecule has 0 fully saturated rings. The molecule has 0 saturated carbocycles. The fraction of sp³-hybridized carbons (Fsp3) is 0.333. The number of hydrogen-bond donors (Lipinski definition) is 1. The van der Waals surface area contributed by atoms with Crippen LogP contribution in [-0.4, -0.2) is 17.3 Å². The lowest BCUT2D eigenvalue weighted by Gasteiger charge is -2.06. The molecule has 0 unspecified atom stereocenters. The Morgan fingerprint density at radius 2 is 2.42 bits per heavy atom. The number of nitrogens with two attached hydrogens (primary N) is 1. The smallest absolute Gasteiger partial charge is 0.155 e. The van der Waals surface area contributed by atoms with Crippen LogP contribution in [0.5, 0.6) is 0 Å². The van der Waals surface area contributed by atoms with E-state index in [0.29, 0.717) is 0 Å². The topological polar surface area (TPSA) is 56.0 Å². The molecule has 12 heavy (non-hydrogen) atoms. The van der Waals surface area contributed by atoms with E-state index in [0.717, 1.165) is 5.69 Å². The van der Waals surface area contributed by atoms with Gasteiger partial charge in [-0.3, -0.25) is 9.78 Å². The Hall–Kier alpha value is -1.22. The molecule has 3 nitrogen and oxygen atoms in total. The van der Waals surface area contributed by atoms with Crippen molar-refractivity contribution in [1.29, 1.82) is 0 Å². The maximum absolute atomic E-state index is 11.1. The van der Waals surface area contributed by atoms with Crippen LogP contribution in [0.15, 0.2) is 24.4 Å². The molecule has 2 N–H and O–H groups in total. The van der Waals surface area contributed by atoms with E-state index in [1.807, 2.05) is 25.1 Å². The minimum atomic E-state index is -0.184. The van der Waals surface area contributed by atoms with Crippen LogP contribution >= 0.6 is 0 Å². The molecule has 0 aromatic carbocycles. The standard InChI is InChI=1S/C9H12N2O/c1-7(9(12)6-10)8-4-2-3-5-11-8/h2-5,7H,6,10H2,1H3/t7-/m1/s1. The summed E-state index contributed by atoms with van der Waals surface area (Å²) in [7, 11) is 0. The Kier molecular flexibility index (Phi) is 2.94. The second-order valence-corrected chi connectivity index (χ2v) is 2.65. The third kappa shape index (κ3) is 1.89. The third-order valence-corrected chi connectivity index (χ3v) is 1.82. The van der Waals surface area contributed by atoms with Gasteiger partial charge in [0.15, 0.2) is 5.78 Å². The first-order valence-electron chi connectivity index (χ1n) is 3.89. The SMILES string of the molecule is C[C@@H](C(=O)CN)c1ccccn1.